The molecule has 0 aliphatic heterocycles. The smallest absolute Gasteiger partial charge is 0.408 e. The first-order valence-corrected chi connectivity index (χ1v) is 6.23. The lowest BCUT2D eigenvalue weighted by molar-refractivity contribution is -0.140. The second-order valence-electron chi connectivity index (χ2n) is 5.26. The third-order valence-electron chi connectivity index (χ3n) is 2.21. The van der Waals surface area contributed by atoms with Crippen molar-refractivity contribution in [2.75, 3.05) is 12.3 Å². The minimum absolute atomic E-state index is 0.245. The fourth-order valence-corrected chi connectivity index (χ4v) is 1.31. The molecule has 116 valence electrons. The minimum Gasteiger partial charge on any atom is -0.487 e. The minimum atomic E-state index is -1.26. The Morgan fingerprint density at radius 1 is 1.48 bits per heavy atom. The van der Waals surface area contributed by atoms with E-state index in [4.69, 9.17) is 20.3 Å². The summed E-state index contributed by atoms with van der Waals surface area (Å²) in [7, 11) is 0. The van der Waals surface area contributed by atoms with Crippen LogP contribution in [0.25, 0.3) is 0 Å². The van der Waals surface area contributed by atoms with Crippen molar-refractivity contribution in [3.8, 4) is 5.75 Å². The number of aromatic nitrogens is 1. The van der Waals surface area contributed by atoms with Gasteiger partial charge in [-0.3, -0.25) is 4.98 Å². The first kappa shape index (κ1) is 16.5. The Hall–Kier alpha value is -2.51. The van der Waals surface area contributed by atoms with E-state index < -0.39 is 23.7 Å². The molecule has 1 aromatic rings. The zero-order valence-corrected chi connectivity index (χ0v) is 12.1. The van der Waals surface area contributed by atoms with Gasteiger partial charge in [-0.1, -0.05) is 0 Å². The summed E-state index contributed by atoms with van der Waals surface area (Å²) < 4.78 is 10.2. The number of amides is 1. The monoisotopic (exact) mass is 297 g/mol. The number of carbonyl (C=O) groups excluding carboxylic acids is 1. The summed E-state index contributed by atoms with van der Waals surface area (Å²) in [4.78, 5) is 26.5. The van der Waals surface area contributed by atoms with Crippen molar-refractivity contribution in [1.82, 2.24) is 10.3 Å². The van der Waals surface area contributed by atoms with E-state index in [1.165, 1.54) is 18.5 Å². The summed E-state index contributed by atoms with van der Waals surface area (Å²) in [5, 5.41) is 11.3. The van der Waals surface area contributed by atoms with Gasteiger partial charge in [0.15, 0.2) is 11.8 Å². The highest BCUT2D eigenvalue weighted by atomic mass is 16.6. The standard InChI is InChI=1S/C13H19N3O5/c1-13(2,3)21-12(19)16-9(11(17)18)7-20-10-6-15-5-4-8(10)14/h4-6,9H,7H2,1-3H3,(H2,14,15)(H,16,19)(H,17,18). The van der Waals surface area contributed by atoms with Gasteiger partial charge in [0, 0.05) is 6.20 Å². The van der Waals surface area contributed by atoms with Crippen LogP contribution in [0.5, 0.6) is 5.75 Å². The topological polar surface area (TPSA) is 124 Å². The van der Waals surface area contributed by atoms with Crippen molar-refractivity contribution in [2.45, 2.75) is 32.4 Å². The van der Waals surface area contributed by atoms with Gasteiger partial charge in [0.1, 0.15) is 12.2 Å². The van der Waals surface area contributed by atoms with E-state index in [1.807, 2.05) is 0 Å². The van der Waals surface area contributed by atoms with Gasteiger partial charge in [-0.15, -0.1) is 0 Å². The molecule has 0 aliphatic carbocycles. The van der Waals surface area contributed by atoms with Gasteiger partial charge < -0.3 is 25.6 Å². The van der Waals surface area contributed by atoms with Gasteiger partial charge >= 0.3 is 12.1 Å². The molecule has 1 aromatic heterocycles. The number of ether oxygens (including phenoxy) is 2. The number of carbonyl (C=O) groups is 2. The van der Waals surface area contributed by atoms with Crippen molar-refractivity contribution in [2.24, 2.45) is 0 Å². The molecule has 1 rings (SSSR count). The first-order chi connectivity index (χ1) is 9.69. The molecule has 0 fully saturated rings. The second kappa shape index (κ2) is 6.78. The van der Waals surface area contributed by atoms with Crippen LogP contribution in [0.15, 0.2) is 18.5 Å². The maximum Gasteiger partial charge on any atom is 0.408 e. The normalized spacial score (nSPS) is 12.3. The first-order valence-electron chi connectivity index (χ1n) is 6.23. The fourth-order valence-electron chi connectivity index (χ4n) is 1.31. The Morgan fingerprint density at radius 2 is 2.14 bits per heavy atom. The second-order valence-corrected chi connectivity index (χ2v) is 5.26. The predicted octanol–water partition coefficient (Wildman–Crippen LogP) is 1.02. The number of hydrogen-bond acceptors (Lipinski definition) is 6. The van der Waals surface area contributed by atoms with Gasteiger partial charge in [-0.25, -0.2) is 9.59 Å². The Morgan fingerprint density at radius 3 is 2.67 bits per heavy atom. The quantitative estimate of drug-likeness (QED) is 0.741. The third kappa shape index (κ3) is 5.98. The van der Waals surface area contributed by atoms with E-state index in [-0.39, 0.29) is 12.4 Å². The zero-order valence-electron chi connectivity index (χ0n) is 12.1. The van der Waals surface area contributed by atoms with E-state index in [0.717, 1.165) is 0 Å². The van der Waals surface area contributed by atoms with E-state index in [0.29, 0.717) is 5.69 Å². The van der Waals surface area contributed by atoms with Crippen molar-refractivity contribution in [3.05, 3.63) is 18.5 Å². The molecule has 21 heavy (non-hydrogen) atoms. The molecule has 0 saturated carbocycles. The molecule has 0 saturated heterocycles. The van der Waals surface area contributed by atoms with Crippen LogP contribution in [0.3, 0.4) is 0 Å². The number of aliphatic carboxylic acids is 1. The zero-order chi connectivity index (χ0) is 16.0. The average Bonchev–Trinajstić information content (AvgIpc) is 2.33. The van der Waals surface area contributed by atoms with Gasteiger partial charge in [-0.2, -0.15) is 0 Å². The molecular weight excluding hydrogens is 278 g/mol. The third-order valence-corrected chi connectivity index (χ3v) is 2.21. The Balaban J connectivity index is 2.61. The SMILES string of the molecule is CC(C)(C)OC(=O)NC(COc1cnccc1N)C(=O)O. The van der Waals surface area contributed by atoms with Crippen molar-refractivity contribution in [3.63, 3.8) is 0 Å². The summed E-state index contributed by atoms with van der Waals surface area (Å²) in [5.74, 6) is -1.00. The summed E-state index contributed by atoms with van der Waals surface area (Å²) in [6.45, 7) is 4.73. The number of rotatable bonds is 5. The number of carboxylic acids is 1. The number of nitrogens with zero attached hydrogens (tertiary/aromatic N) is 1. The lowest BCUT2D eigenvalue weighted by Gasteiger charge is -2.22. The highest BCUT2D eigenvalue weighted by Crippen LogP contribution is 2.18. The Bertz CT molecular complexity index is 513. The predicted molar refractivity (Wildman–Crippen MR) is 74.9 cm³/mol. The Labute approximate surface area is 122 Å². The molecule has 1 amide bonds. The Kier molecular flexibility index (Phi) is 5.34. The maximum absolute atomic E-state index is 11.6. The fraction of sp³-hybridized carbons (Fsp3) is 0.462. The highest BCUT2D eigenvalue weighted by molar-refractivity contribution is 5.80. The molecule has 0 radical (unpaired) electrons. The molecule has 1 heterocycles. The lowest BCUT2D eigenvalue weighted by Crippen LogP contribution is -2.46. The van der Waals surface area contributed by atoms with Crippen molar-refractivity contribution in [1.29, 1.82) is 0 Å². The number of alkyl carbamates (subject to hydrolysis) is 1. The number of hydrogen-bond donors (Lipinski definition) is 3. The lowest BCUT2D eigenvalue weighted by atomic mass is 10.2. The molecule has 8 heteroatoms. The largest absolute Gasteiger partial charge is 0.487 e. The summed E-state index contributed by atoms with van der Waals surface area (Å²) >= 11 is 0. The van der Waals surface area contributed by atoms with Crippen LogP contribution in [-0.4, -0.2) is 40.4 Å². The van der Waals surface area contributed by atoms with Crippen LogP contribution in [0, 0.1) is 0 Å². The number of pyridine rings is 1. The van der Waals surface area contributed by atoms with Crippen molar-refractivity contribution >= 4 is 17.7 Å². The highest BCUT2D eigenvalue weighted by Gasteiger charge is 2.24. The van der Waals surface area contributed by atoms with Crippen molar-refractivity contribution < 1.29 is 24.2 Å². The van der Waals surface area contributed by atoms with Crippen LogP contribution in [0.4, 0.5) is 10.5 Å². The number of carboxylic acid groups (broad SMARTS) is 1. The molecule has 0 aromatic carbocycles. The van der Waals surface area contributed by atoms with Gasteiger partial charge in [0.25, 0.3) is 0 Å². The number of nitrogens with two attached hydrogens (primary N) is 1. The summed E-state index contributed by atoms with van der Waals surface area (Å²) in [5.41, 5.74) is 5.25. The molecule has 1 unspecified atom stereocenters. The molecule has 0 aliphatic rings. The van der Waals surface area contributed by atoms with E-state index >= 15 is 0 Å². The van der Waals surface area contributed by atoms with Crippen LogP contribution in [-0.2, 0) is 9.53 Å². The summed E-state index contributed by atoms with van der Waals surface area (Å²) in [6, 6.07) is 0.256. The number of nitrogens with one attached hydrogen (secondary N) is 1. The van der Waals surface area contributed by atoms with Gasteiger partial charge in [0.05, 0.1) is 11.9 Å². The maximum atomic E-state index is 11.6. The number of anilines is 1. The molecule has 0 spiro atoms. The molecule has 4 N–H and O–H groups in total. The van der Waals surface area contributed by atoms with Crippen LogP contribution in [0.1, 0.15) is 20.8 Å². The molecule has 0 bridgehead atoms. The molecule has 1 atom stereocenters. The van der Waals surface area contributed by atoms with Crippen LogP contribution >= 0.6 is 0 Å². The van der Waals surface area contributed by atoms with E-state index in [2.05, 4.69) is 10.3 Å². The van der Waals surface area contributed by atoms with Crippen LogP contribution in [0.2, 0.25) is 0 Å². The van der Waals surface area contributed by atoms with Gasteiger partial charge in [-0.05, 0) is 26.8 Å². The van der Waals surface area contributed by atoms with E-state index in [1.54, 1.807) is 20.8 Å². The summed E-state index contributed by atoms with van der Waals surface area (Å²) in [6.07, 6.45) is 2.01. The average molecular weight is 297 g/mol. The van der Waals surface area contributed by atoms with Crippen LogP contribution < -0.4 is 15.8 Å². The molecular formula is C13H19N3O5. The number of nitrogen functional groups attached to an aromatic ring is 1. The van der Waals surface area contributed by atoms with Gasteiger partial charge in [0.2, 0.25) is 0 Å². The van der Waals surface area contributed by atoms with E-state index in [9.17, 15) is 9.59 Å². The molecule has 8 nitrogen and oxygen atoms in total.